The fourth-order valence-electron chi connectivity index (χ4n) is 4.29. The van der Waals surface area contributed by atoms with Gasteiger partial charge in [0.2, 0.25) is 0 Å². The van der Waals surface area contributed by atoms with E-state index in [1.54, 1.807) is 24.3 Å². The van der Waals surface area contributed by atoms with E-state index in [2.05, 4.69) is 0 Å². The van der Waals surface area contributed by atoms with Gasteiger partial charge in [0.25, 0.3) is 11.8 Å². The maximum atomic E-state index is 13.1. The van der Waals surface area contributed by atoms with Gasteiger partial charge in [0.1, 0.15) is 6.61 Å². The van der Waals surface area contributed by atoms with Gasteiger partial charge in [-0.05, 0) is 36.6 Å². The van der Waals surface area contributed by atoms with E-state index in [4.69, 9.17) is 4.74 Å². The number of hydrogen-bond acceptors (Lipinski definition) is 5. The number of carboxylic acid groups (broad SMARTS) is 1. The Morgan fingerprint density at radius 2 is 1.65 bits per heavy atom. The molecule has 1 heterocycles. The Labute approximate surface area is 179 Å². The number of amides is 2. The van der Waals surface area contributed by atoms with Gasteiger partial charge in [-0.2, -0.15) is 0 Å². The minimum atomic E-state index is -1.18. The fourth-order valence-corrected chi connectivity index (χ4v) is 4.29. The molecule has 2 aromatic rings. The van der Waals surface area contributed by atoms with Gasteiger partial charge in [-0.15, -0.1) is 0 Å². The second-order valence-corrected chi connectivity index (χ2v) is 7.94. The van der Waals surface area contributed by atoms with E-state index in [-0.39, 0.29) is 35.2 Å². The largest absolute Gasteiger partial charge is 0.478 e. The average Bonchev–Trinajstić information content (AvgIpc) is 3.05. The van der Waals surface area contributed by atoms with Crippen molar-refractivity contribution < 1.29 is 29.0 Å². The number of carbonyl (C=O) groups is 4. The van der Waals surface area contributed by atoms with E-state index in [0.29, 0.717) is 5.56 Å². The lowest BCUT2D eigenvalue weighted by Gasteiger charge is -2.27. The molecular formula is C24H23NO6. The van der Waals surface area contributed by atoms with Gasteiger partial charge in [0.15, 0.2) is 0 Å². The topological polar surface area (TPSA) is 101 Å². The number of esters is 1. The molecule has 0 spiro atoms. The van der Waals surface area contributed by atoms with Gasteiger partial charge >= 0.3 is 11.9 Å². The number of benzene rings is 2. The van der Waals surface area contributed by atoms with Crippen molar-refractivity contribution in [2.45, 2.75) is 38.1 Å². The number of fused-ring (bicyclic) bond motifs is 1. The molecule has 1 aliphatic heterocycles. The van der Waals surface area contributed by atoms with E-state index in [1.807, 2.05) is 6.07 Å². The van der Waals surface area contributed by atoms with Crippen molar-refractivity contribution in [1.29, 1.82) is 0 Å². The SMILES string of the molecule is O=C(O)c1ccc2c(c1)C(=O)N([C@H](COC(=O)C1CCCCC1)c1ccccc1)C2=O. The standard InChI is InChI=1S/C24H23NO6/c26-21-18-12-11-17(23(28)29)13-19(18)22(27)25(21)20(15-7-3-1-4-8-15)14-31-24(30)16-9-5-2-6-10-16/h1,3-4,7-8,11-13,16,20H,2,5-6,9-10,14H2,(H,28,29)/t20-/m1/s1. The molecule has 4 rings (SSSR count). The lowest BCUT2D eigenvalue weighted by molar-refractivity contribution is -0.151. The van der Waals surface area contributed by atoms with E-state index >= 15 is 0 Å². The molecule has 2 aromatic carbocycles. The summed E-state index contributed by atoms with van der Waals surface area (Å²) in [5.41, 5.74) is 0.785. The molecule has 31 heavy (non-hydrogen) atoms. The van der Waals surface area contributed by atoms with Gasteiger partial charge in [0.05, 0.1) is 28.7 Å². The third-order valence-corrected chi connectivity index (χ3v) is 5.98. The Morgan fingerprint density at radius 3 is 2.32 bits per heavy atom. The average molecular weight is 421 g/mol. The summed E-state index contributed by atoms with van der Waals surface area (Å²) < 4.78 is 5.59. The summed E-state index contributed by atoms with van der Waals surface area (Å²) in [6, 6.07) is 12.0. The zero-order valence-corrected chi connectivity index (χ0v) is 17.0. The Bertz CT molecular complexity index is 1030. The molecule has 0 bridgehead atoms. The maximum Gasteiger partial charge on any atom is 0.335 e. The van der Waals surface area contributed by atoms with Crippen LogP contribution < -0.4 is 0 Å². The molecule has 1 aliphatic carbocycles. The van der Waals surface area contributed by atoms with Crippen LogP contribution in [-0.4, -0.2) is 40.4 Å². The second-order valence-electron chi connectivity index (χ2n) is 7.94. The minimum absolute atomic E-state index is 0.0458. The lowest BCUT2D eigenvalue weighted by atomic mass is 9.89. The third-order valence-electron chi connectivity index (χ3n) is 5.98. The Morgan fingerprint density at radius 1 is 0.968 bits per heavy atom. The first-order valence-corrected chi connectivity index (χ1v) is 10.4. The van der Waals surface area contributed by atoms with Crippen LogP contribution in [0.3, 0.4) is 0 Å². The number of imide groups is 1. The summed E-state index contributed by atoms with van der Waals surface area (Å²) in [6.07, 6.45) is 4.68. The summed E-state index contributed by atoms with van der Waals surface area (Å²) in [5, 5.41) is 9.22. The number of carbonyl (C=O) groups excluding carboxylic acids is 3. The number of ether oxygens (including phenoxy) is 1. The van der Waals surface area contributed by atoms with Gasteiger partial charge in [-0.1, -0.05) is 49.6 Å². The van der Waals surface area contributed by atoms with Crippen molar-refractivity contribution in [2.24, 2.45) is 5.92 Å². The number of aromatic carboxylic acids is 1. The quantitative estimate of drug-likeness (QED) is 0.562. The van der Waals surface area contributed by atoms with Gasteiger partial charge in [-0.25, -0.2) is 4.79 Å². The van der Waals surface area contributed by atoms with Crippen molar-refractivity contribution in [3.05, 3.63) is 70.8 Å². The Hall–Kier alpha value is -3.48. The molecule has 1 saturated carbocycles. The summed E-state index contributed by atoms with van der Waals surface area (Å²) in [6.45, 7) is -0.142. The molecule has 0 aromatic heterocycles. The molecule has 0 saturated heterocycles. The monoisotopic (exact) mass is 421 g/mol. The first kappa shape index (κ1) is 20.8. The first-order valence-electron chi connectivity index (χ1n) is 10.4. The van der Waals surface area contributed by atoms with Crippen molar-refractivity contribution in [3.8, 4) is 0 Å². The molecule has 1 atom stereocenters. The number of rotatable bonds is 6. The van der Waals surface area contributed by atoms with Crippen LogP contribution in [0.5, 0.6) is 0 Å². The van der Waals surface area contributed by atoms with E-state index in [1.165, 1.54) is 18.2 Å². The molecule has 0 unspecified atom stereocenters. The van der Waals surface area contributed by atoms with Crippen molar-refractivity contribution in [2.75, 3.05) is 6.61 Å². The van der Waals surface area contributed by atoms with Crippen LogP contribution in [0.25, 0.3) is 0 Å². The highest BCUT2D eigenvalue weighted by Crippen LogP contribution is 2.33. The highest BCUT2D eigenvalue weighted by molar-refractivity contribution is 6.22. The minimum Gasteiger partial charge on any atom is -0.478 e. The molecule has 1 N–H and O–H groups in total. The number of carboxylic acids is 1. The lowest BCUT2D eigenvalue weighted by Crippen LogP contribution is -2.37. The smallest absolute Gasteiger partial charge is 0.335 e. The molecule has 160 valence electrons. The maximum absolute atomic E-state index is 13.1. The van der Waals surface area contributed by atoms with Crippen LogP contribution in [0.15, 0.2) is 48.5 Å². The molecule has 0 radical (unpaired) electrons. The molecular weight excluding hydrogens is 398 g/mol. The second kappa shape index (κ2) is 8.71. The van der Waals surface area contributed by atoms with Gasteiger partial charge < -0.3 is 9.84 Å². The summed E-state index contributed by atoms with van der Waals surface area (Å²) in [4.78, 5) is 51.1. The fraction of sp³-hybridized carbons (Fsp3) is 0.333. The van der Waals surface area contributed by atoms with Crippen LogP contribution in [0.2, 0.25) is 0 Å². The predicted molar refractivity (Wildman–Crippen MR) is 111 cm³/mol. The van der Waals surface area contributed by atoms with Gasteiger partial charge in [-0.3, -0.25) is 19.3 Å². The van der Waals surface area contributed by atoms with Gasteiger partial charge in [0, 0.05) is 0 Å². The van der Waals surface area contributed by atoms with Crippen LogP contribution >= 0.6 is 0 Å². The Balaban J connectivity index is 1.61. The molecule has 2 aliphatic rings. The number of nitrogens with zero attached hydrogens (tertiary/aromatic N) is 1. The molecule has 1 fully saturated rings. The van der Waals surface area contributed by atoms with Crippen LogP contribution in [0.1, 0.15) is 74.8 Å². The van der Waals surface area contributed by atoms with Crippen LogP contribution in [0.4, 0.5) is 0 Å². The molecule has 7 nitrogen and oxygen atoms in total. The summed E-state index contributed by atoms with van der Waals surface area (Å²) in [5.74, 6) is -2.75. The van der Waals surface area contributed by atoms with Crippen LogP contribution in [-0.2, 0) is 9.53 Å². The van der Waals surface area contributed by atoms with E-state index < -0.39 is 23.8 Å². The van der Waals surface area contributed by atoms with Crippen molar-refractivity contribution in [3.63, 3.8) is 0 Å². The third kappa shape index (κ3) is 4.08. The first-order chi connectivity index (χ1) is 15.0. The Kier molecular flexibility index (Phi) is 5.84. The number of hydrogen-bond donors (Lipinski definition) is 1. The van der Waals surface area contributed by atoms with E-state index in [0.717, 1.165) is 37.0 Å². The zero-order valence-electron chi connectivity index (χ0n) is 17.0. The van der Waals surface area contributed by atoms with Crippen molar-refractivity contribution >= 4 is 23.8 Å². The molecule has 7 heteroatoms. The summed E-state index contributed by atoms with van der Waals surface area (Å²) in [7, 11) is 0. The summed E-state index contributed by atoms with van der Waals surface area (Å²) >= 11 is 0. The normalized spacial score (nSPS) is 17.4. The predicted octanol–water partition coefficient (Wildman–Crippen LogP) is 3.85. The van der Waals surface area contributed by atoms with Crippen LogP contribution in [0, 0.1) is 5.92 Å². The highest BCUT2D eigenvalue weighted by atomic mass is 16.5. The zero-order chi connectivity index (χ0) is 22.0. The highest BCUT2D eigenvalue weighted by Gasteiger charge is 2.41. The van der Waals surface area contributed by atoms with E-state index in [9.17, 15) is 24.3 Å². The van der Waals surface area contributed by atoms with Crippen molar-refractivity contribution in [1.82, 2.24) is 4.90 Å². The molecule has 2 amide bonds.